The van der Waals surface area contributed by atoms with E-state index in [-0.39, 0.29) is 37.1 Å². The minimum atomic E-state index is -4.85. The molecule has 0 aliphatic carbocycles. The molecule has 1 atom stereocenters. The van der Waals surface area contributed by atoms with Crippen LogP contribution >= 0.6 is 47.2 Å². The molecule has 2 amide bonds. The van der Waals surface area contributed by atoms with Crippen LogP contribution < -0.4 is 0 Å². The van der Waals surface area contributed by atoms with Gasteiger partial charge in [0.25, 0.3) is 11.5 Å². The Morgan fingerprint density at radius 2 is 1.87 bits per heavy atom. The average molecular weight is 609 g/mol. The second-order valence-corrected chi connectivity index (χ2v) is 10.4. The van der Waals surface area contributed by atoms with E-state index < -0.39 is 30.2 Å². The number of thioether (sulfide) groups is 1. The average Bonchev–Trinajstić information content (AvgIpc) is 3.30. The van der Waals surface area contributed by atoms with Crippen LogP contribution in [0.5, 0.6) is 0 Å². The number of aryl methyl sites for hydroxylation is 1. The highest BCUT2D eigenvalue weighted by Crippen LogP contribution is 2.49. The Bertz CT molecular complexity index is 1270. The monoisotopic (exact) mass is 608 g/mol. The standard InChI is InChI=1S/C24H21Cl2F3N2O5S2/c1-4-35-22(37)38-12-31(21(33)34-3)20(32)18-6-5-14(7-13(18)2)19-11-23(36-30-19,24(27,28)29)15-8-16(25)10-17(26)9-15/h5-10H,4,11-12H2,1-3H3. The Kier molecular flexibility index (Phi) is 9.56. The topological polar surface area (TPSA) is 77.4 Å². The predicted molar refractivity (Wildman–Crippen MR) is 143 cm³/mol. The summed E-state index contributed by atoms with van der Waals surface area (Å²) in [5.41, 5.74) is -2.27. The number of nitrogens with zero attached hydrogens (tertiary/aromatic N) is 2. The summed E-state index contributed by atoms with van der Waals surface area (Å²) < 4.78 is 52.9. The lowest BCUT2D eigenvalue weighted by Gasteiger charge is -2.29. The minimum Gasteiger partial charge on any atom is -0.479 e. The number of carbonyl (C=O) groups excluding carboxylic acids is 2. The first kappa shape index (κ1) is 30.0. The fourth-order valence-electron chi connectivity index (χ4n) is 3.66. The van der Waals surface area contributed by atoms with Crippen LogP contribution in [0.1, 0.15) is 40.4 Å². The van der Waals surface area contributed by atoms with Crippen LogP contribution in [0.15, 0.2) is 41.6 Å². The van der Waals surface area contributed by atoms with Crippen molar-refractivity contribution in [3.8, 4) is 0 Å². The van der Waals surface area contributed by atoms with Crippen molar-refractivity contribution < 1.29 is 37.1 Å². The molecule has 14 heteroatoms. The molecule has 0 spiro atoms. The highest BCUT2D eigenvalue weighted by Gasteiger charge is 2.62. The van der Waals surface area contributed by atoms with Crippen LogP contribution in [0.2, 0.25) is 10.0 Å². The Morgan fingerprint density at radius 3 is 2.42 bits per heavy atom. The molecule has 1 heterocycles. The van der Waals surface area contributed by atoms with Gasteiger partial charge in [0, 0.05) is 27.6 Å². The minimum absolute atomic E-state index is 0.00275. The number of hydrogen-bond donors (Lipinski definition) is 0. The van der Waals surface area contributed by atoms with E-state index in [0.717, 1.165) is 35.9 Å². The van der Waals surface area contributed by atoms with Crippen molar-refractivity contribution in [3.63, 3.8) is 0 Å². The summed E-state index contributed by atoms with van der Waals surface area (Å²) in [6, 6.07) is 7.87. The predicted octanol–water partition coefficient (Wildman–Crippen LogP) is 7.10. The van der Waals surface area contributed by atoms with E-state index >= 15 is 0 Å². The van der Waals surface area contributed by atoms with Crippen LogP contribution in [0, 0.1) is 6.92 Å². The molecule has 1 aliphatic heterocycles. The van der Waals surface area contributed by atoms with Crippen molar-refractivity contribution in [1.29, 1.82) is 0 Å². The van der Waals surface area contributed by atoms with Crippen molar-refractivity contribution in [2.75, 3.05) is 19.6 Å². The lowest BCUT2D eigenvalue weighted by atomic mass is 9.86. The van der Waals surface area contributed by atoms with Crippen molar-refractivity contribution in [2.24, 2.45) is 5.16 Å². The van der Waals surface area contributed by atoms with Crippen LogP contribution in [-0.2, 0) is 19.9 Å². The maximum atomic E-state index is 14.3. The number of oxime groups is 1. The fraction of sp³-hybridized carbons (Fsp3) is 0.333. The molecule has 1 unspecified atom stereocenters. The van der Waals surface area contributed by atoms with Crippen LogP contribution in [-0.4, -0.2) is 52.8 Å². The molecule has 0 saturated carbocycles. The number of ether oxygens (including phenoxy) is 2. The third kappa shape index (κ3) is 6.36. The SMILES string of the molecule is CCOC(=S)SCN(C(=O)OC)C(=O)c1ccc(C2=NOC(c3cc(Cl)cc(Cl)c3)(C(F)(F)F)C2)cc1C. The van der Waals surface area contributed by atoms with Gasteiger partial charge in [-0.1, -0.05) is 46.2 Å². The van der Waals surface area contributed by atoms with Gasteiger partial charge in [0.2, 0.25) is 4.38 Å². The van der Waals surface area contributed by atoms with E-state index in [1.807, 2.05) is 0 Å². The molecular formula is C24H21Cl2F3N2O5S2. The molecule has 38 heavy (non-hydrogen) atoms. The van der Waals surface area contributed by atoms with E-state index in [1.165, 1.54) is 24.3 Å². The number of benzene rings is 2. The van der Waals surface area contributed by atoms with Gasteiger partial charge >= 0.3 is 12.3 Å². The van der Waals surface area contributed by atoms with E-state index in [1.54, 1.807) is 13.8 Å². The Labute approximate surface area is 236 Å². The maximum Gasteiger partial charge on any atom is 0.435 e. The van der Waals surface area contributed by atoms with E-state index in [9.17, 15) is 22.8 Å². The second-order valence-electron chi connectivity index (χ2n) is 7.98. The molecule has 204 valence electrons. The summed E-state index contributed by atoms with van der Waals surface area (Å²) in [6.07, 6.45) is -6.41. The first-order chi connectivity index (χ1) is 17.8. The first-order valence-electron chi connectivity index (χ1n) is 10.9. The molecule has 2 aromatic rings. The smallest absolute Gasteiger partial charge is 0.435 e. The molecular weight excluding hydrogens is 588 g/mol. The third-order valence-electron chi connectivity index (χ3n) is 5.52. The fourth-order valence-corrected chi connectivity index (χ4v) is 5.12. The molecule has 0 aromatic heterocycles. The number of halogens is 5. The van der Waals surface area contributed by atoms with Gasteiger partial charge in [-0.25, -0.2) is 9.69 Å². The zero-order valence-electron chi connectivity index (χ0n) is 20.2. The van der Waals surface area contributed by atoms with Gasteiger partial charge in [-0.3, -0.25) is 4.79 Å². The molecule has 3 rings (SSSR count). The van der Waals surface area contributed by atoms with Gasteiger partial charge in [0.05, 0.1) is 25.3 Å². The lowest BCUT2D eigenvalue weighted by Crippen LogP contribution is -2.42. The number of alkyl halides is 3. The van der Waals surface area contributed by atoms with Crippen LogP contribution in [0.3, 0.4) is 0 Å². The van der Waals surface area contributed by atoms with Crippen LogP contribution in [0.4, 0.5) is 18.0 Å². The highest BCUT2D eigenvalue weighted by molar-refractivity contribution is 8.22. The summed E-state index contributed by atoms with van der Waals surface area (Å²) in [5.74, 6) is -0.849. The molecule has 7 nitrogen and oxygen atoms in total. The van der Waals surface area contributed by atoms with E-state index in [0.29, 0.717) is 17.7 Å². The Hall–Kier alpha value is -2.54. The summed E-state index contributed by atoms with van der Waals surface area (Å²) in [5, 5.41) is 3.76. The number of hydrogen-bond acceptors (Lipinski definition) is 8. The number of carbonyl (C=O) groups is 2. The normalized spacial score (nSPS) is 16.9. The zero-order valence-corrected chi connectivity index (χ0v) is 23.4. The molecule has 0 N–H and O–H groups in total. The third-order valence-corrected chi connectivity index (χ3v) is 7.17. The quantitative estimate of drug-likeness (QED) is 0.255. The van der Waals surface area contributed by atoms with Crippen molar-refractivity contribution in [1.82, 2.24) is 4.90 Å². The Morgan fingerprint density at radius 1 is 1.21 bits per heavy atom. The molecule has 0 bridgehead atoms. The lowest BCUT2D eigenvalue weighted by molar-refractivity contribution is -0.275. The molecule has 2 aromatic carbocycles. The first-order valence-corrected chi connectivity index (χ1v) is 13.1. The molecule has 1 aliphatic rings. The summed E-state index contributed by atoms with van der Waals surface area (Å²) >= 11 is 17.9. The molecule has 0 fully saturated rings. The van der Waals surface area contributed by atoms with Gasteiger partial charge in [0.15, 0.2) is 0 Å². The van der Waals surface area contributed by atoms with Crippen molar-refractivity contribution >= 4 is 69.3 Å². The number of methoxy groups -OCH3 is 1. The summed E-state index contributed by atoms with van der Waals surface area (Å²) in [7, 11) is 1.13. The van der Waals surface area contributed by atoms with Crippen LogP contribution in [0.25, 0.3) is 0 Å². The number of amides is 2. The van der Waals surface area contributed by atoms with Gasteiger partial charge in [-0.15, -0.1) is 0 Å². The molecule has 0 saturated heterocycles. The van der Waals surface area contributed by atoms with E-state index in [4.69, 9.17) is 49.7 Å². The van der Waals surface area contributed by atoms with Crippen molar-refractivity contribution in [2.45, 2.75) is 32.0 Å². The summed E-state index contributed by atoms with van der Waals surface area (Å²) in [4.78, 5) is 31.3. The highest BCUT2D eigenvalue weighted by atomic mass is 35.5. The van der Waals surface area contributed by atoms with Crippen molar-refractivity contribution in [3.05, 3.63) is 68.7 Å². The zero-order chi connectivity index (χ0) is 28.3. The summed E-state index contributed by atoms with van der Waals surface area (Å²) in [6.45, 7) is 3.64. The number of rotatable bonds is 6. The largest absolute Gasteiger partial charge is 0.479 e. The maximum absolute atomic E-state index is 14.3. The van der Waals surface area contributed by atoms with Gasteiger partial charge < -0.3 is 14.3 Å². The second kappa shape index (κ2) is 12.1. The van der Waals surface area contributed by atoms with E-state index in [2.05, 4.69) is 5.16 Å². The number of thiocarbonyl (C=S) groups is 1. The van der Waals surface area contributed by atoms with Gasteiger partial charge in [0.1, 0.15) is 0 Å². The Balaban J connectivity index is 1.88. The molecule has 0 radical (unpaired) electrons. The van der Waals surface area contributed by atoms with Gasteiger partial charge in [-0.2, -0.15) is 13.2 Å². The number of imide groups is 1. The van der Waals surface area contributed by atoms with Gasteiger partial charge in [-0.05, 0) is 67.5 Å².